The van der Waals surface area contributed by atoms with Crippen molar-refractivity contribution in [1.82, 2.24) is 4.90 Å². The molecule has 2 atom stereocenters. The van der Waals surface area contributed by atoms with Crippen LogP contribution in [0.5, 0.6) is 0 Å². The number of amides is 1. The quantitative estimate of drug-likeness (QED) is 0.831. The van der Waals surface area contributed by atoms with Crippen molar-refractivity contribution in [3.63, 3.8) is 0 Å². The van der Waals surface area contributed by atoms with E-state index in [2.05, 4.69) is 4.90 Å². The summed E-state index contributed by atoms with van der Waals surface area (Å²) >= 11 is 0. The summed E-state index contributed by atoms with van der Waals surface area (Å²) in [5.41, 5.74) is 1.79. The minimum atomic E-state index is -0.00394. The Morgan fingerprint density at radius 1 is 0.960 bits per heavy atom. The van der Waals surface area contributed by atoms with Crippen LogP contribution >= 0.6 is 0 Å². The van der Waals surface area contributed by atoms with Gasteiger partial charge in [0, 0.05) is 38.5 Å². The van der Waals surface area contributed by atoms with E-state index in [1.807, 2.05) is 29.2 Å². The SMILES string of the molecule is O=C(c1ccccc1N1CCOCC1)N1CCOC(C2CCCO2)C1. The molecule has 3 aliphatic rings. The molecule has 25 heavy (non-hydrogen) atoms. The molecule has 3 fully saturated rings. The number of nitrogens with zero attached hydrogens (tertiary/aromatic N) is 2. The molecule has 0 radical (unpaired) electrons. The number of carbonyl (C=O) groups is 1. The highest BCUT2D eigenvalue weighted by atomic mass is 16.5. The highest BCUT2D eigenvalue weighted by Crippen LogP contribution is 2.26. The van der Waals surface area contributed by atoms with Gasteiger partial charge < -0.3 is 24.0 Å². The van der Waals surface area contributed by atoms with Crippen LogP contribution in [-0.4, -0.2) is 75.6 Å². The molecule has 0 spiro atoms. The topological polar surface area (TPSA) is 51.2 Å². The van der Waals surface area contributed by atoms with Crippen LogP contribution in [-0.2, 0) is 14.2 Å². The van der Waals surface area contributed by atoms with Crippen LogP contribution in [0.3, 0.4) is 0 Å². The van der Waals surface area contributed by atoms with Crippen LogP contribution in [0.1, 0.15) is 23.2 Å². The molecule has 1 amide bonds. The molecular weight excluding hydrogens is 320 g/mol. The van der Waals surface area contributed by atoms with Crippen LogP contribution in [0, 0.1) is 0 Å². The Balaban J connectivity index is 1.50. The van der Waals surface area contributed by atoms with Gasteiger partial charge in [0.15, 0.2) is 0 Å². The third kappa shape index (κ3) is 3.66. The van der Waals surface area contributed by atoms with Crippen LogP contribution in [0.4, 0.5) is 5.69 Å². The summed E-state index contributed by atoms with van der Waals surface area (Å²) in [5, 5.41) is 0. The van der Waals surface area contributed by atoms with E-state index >= 15 is 0 Å². The molecule has 2 unspecified atom stereocenters. The minimum absolute atomic E-state index is 0.00394. The van der Waals surface area contributed by atoms with Crippen molar-refractivity contribution in [3.05, 3.63) is 29.8 Å². The monoisotopic (exact) mass is 346 g/mol. The van der Waals surface area contributed by atoms with Gasteiger partial charge in [-0.15, -0.1) is 0 Å². The summed E-state index contributed by atoms with van der Waals surface area (Å²) in [6.07, 6.45) is 2.23. The summed E-state index contributed by atoms with van der Waals surface area (Å²) < 4.78 is 17.1. The van der Waals surface area contributed by atoms with Crippen molar-refractivity contribution in [1.29, 1.82) is 0 Å². The number of para-hydroxylation sites is 1. The minimum Gasteiger partial charge on any atom is -0.378 e. The average molecular weight is 346 g/mol. The number of ether oxygens (including phenoxy) is 3. The zero-order chi connectivity index (χ0) is 17.1. The fourth-order valence-electron chi connectivity index (χ4n) is 3.89. The molecule has 1 aromatic carbocycles. The summed E-state index contributed by atoms with van der Waals surface area (Å²) in [6, 6.07) is 7.91. The van der Waals surface area contributed by atoms with E-state index in [0.29, 0.717) is 32.9 Å². The second-order valence-electron chi connectivity index (χ2n) is 6.83. The first-order valence-electron chi connectivity index (χ1n) is 9.27. The second-order valence-corrected chi connectivity index (χ2v) is 6.83. The van der Waals surface area contributed by atoms with Gasteiger partial charge in [-0.2, -0.15) is 0 Å². The summed E-state index contributed by atoms with van der Waals surface area (Å²) in [4.78, 5) is 17.4. The summed E-state index contributed by atoms with van der Waals surface area (Å²) in [5.74, 6) is 0.0911. The lowest BCUT2D eigenvalue weighted by Gasteiger charge is -2.36. The van der Waals surface area contributed by atoms with Gasteiger partial charge in [0.2, 0.25) is 0 Å². The molecule has 4 rings (SSSR count). The van der Waals surface area contributed by atoms with Crippen LogP contribution < -0.4 is 4.90 Å². The van der Waals surface area contributed by atoms with Crippen molar-refractivity contribution in [2.75, 3.05) is 57.5 Å². The lowest BCUT2D eigenvalue weighted by atomic mass is 10.1. The smallest absolute Gasteiger partial charge is 0.256 e. The molecule has 6 heteroatoms. The normalized spacial score (nSPS) is 27.5. The van der Waals surface area contributed by atoms with Crippen LogP contribution in [0.15, 0.2) is 24.3 Å². The van der Waals surface area contributed by atoms with E-state index in [4.69, 9.17) is 14.2 Å². The van der Waals surface area contributed by atoms with Crippen molar-refractivity contribution in [2.24, 2.45) is 0 Å². The number of hydrogen-bond acceptors (Lipinski definition) is 5. The number of carbonyl (C=O) groups excluding carboxylic acids is 1. The predicted octanol–water partition coefficient (Wildman–Crippen LogP) is 1.54. The maximum absolute atomic E-state index is 13.2. The van der Waals surface area contributed by atoms with Gasteiger partial charge in [0.25, 0.3) is 5.91 Å². The fraction of sp³-hybridized carbons (Fsp3) is 0.632. The molecule has 6 nitrogen and oxygen atoms in total. The standard InChI is InChI=1S/C19H26N2O4/c22-19(21-9-13-25-18(14-21)17-6-3-10-24-17)15-4-1-2-5-16(15)20-7-11-23-12-8-20/h1-2,4-5,17-18H,3,6-14H2. The predicted molar refractivity (Wildman–Crippen MR) is 94.1 cm³/mol. The van der Waals surface area contributed by atoms with Gasteiger partial charge in [-0.1, -0.05) is 12.1 Å². The third-order valence-corrected chi connectivity index (χ3v) is 5.25. The molecule has 136 valence electrons. The molecule has 0 bridgehead atoms. The molecule has 0 N–H and O–H groups in total. The van der Waals surface area contributed by atoms with Gasteiger partial charge >= 0.3 is 0 Å². The van der Waals surface area contributed by atoms with Crippen LogP contribution in [0.25, 0.3) is 0 Å². The van der Waals surface area contributed by atoms with Gasteiger partial charge in [0.1, 0.15) is 6.10 Å². The Hall–Kier alpha value is -1.63. The van der Waals surface area contributed by atoms with Crippen molar-refractivity contribution in [2.45, 2.75) is 25.0 Å². The zero-order valence-electron chi connectivity index (χ0n) is 14.6. The number of benzene rings is 1. The lowest BCUT2D eigenvalue weighted by Crippen LogP contribution is -2.50. The Morgan fingerprint density at radius 3 is 2.56 bits per heavy atom. The summed E-state index contributed by atoms with van der Waals surface area (Å²) in [6.45, 7) is 5.70. The average Bonchev–Trinajstić information content (AvgIpc) is 3.23. The molecule has 3 heterocycles. The van der Waals surface area contributed by atoms with E-state index in [-0.39, 0.29) is 18.1 Å². The van der Waals surface area contributed by atoms with Crippen molar-refractivity contribution >= 4 is 11.6 Å². The fourth-order valence-corrected chi connectivity index (χ4v) is 3.89. The number of morpholine rings is 2. The number of anilines is 1. The van der Waals surface area contributed by atoms with Crippen molar-refractivity contribution < 1.29 is 19.0 Å². The second kappa shape index (κ2) is 7.72. The van der Waals surface area contributed by atoms with E-state index < -0.39 is 0 Å². The Kier molecular flexibility index (Phi) is 5.20. The van der Waals surface area contributed by atoms with E-state index in [1.165, 1.54) is 0 Å². The Morgan fingerprint density at radius 2 is 1.76 bits per heavy atom. The first kappa shape index (κ1) is 16.8. The lowest BCUT2D eigenvalue weighted by molar-refractivity contribution is -0.0867. The van der Waals surface area contributed by atoms with Crippen molar-refractivity contribution in [3.8, 4) is 0 Å². The van der Waals surface area contributed by atoms with Gasteiger partial charge in [-0.25, -0.2) is 0 Å². The molecule has 1 aromatic rings. The first-order chi connectivity index (χ1) is 12.3. The molecule has 0 aromatic heterocycles. The highest BCUT2D eigenvalue weighted by Gasteiger charge is 2.34. The highest BCUT2D eigenvalue weighted by molar-refractivity contribution is 6.00. The van der Waals surface area contributed by atoms with E-state index in [0.717, 1.165) is 43.8 Å². The molecule has 0 aliphatic carbocycles. The summed E-state index contributed by atoms with van der Waals surface area (Å²) in [7, 11) is 0. The van der Waals surface area contributed by atoms with E-state index in [1.54, 1.807) is 0 Å². The number of rotatable bonds is 3. The molecule has 3 aliphatic heterocycles. The first-order valence-corrected chi connectivity index (χ1v) is 9.27. The molecular formula is C19H26N2O4. The van der Waals surface area contributed by atoms with Gasteiger partial charge in [-0.3, -0.25) is 4.79 Å². The Labute approximate surface area is 148 Å². The molecule has 0 saturated carbocycles. The largest absolute Gasteiger partial charge is 0.378 e. The van der Waals surface area contributed by atoms with E-state index in [9.17, 15) is 4.79 Å². The zero-order valence-corrected chi connectivity index (χ0v) is 14.6. The molecule has 3 saturated heterocycles. The maximum Gasteiger partial charge on any atom is 0.256 e. The Bertz CT molecular complexity index is 597. The third-order valence-electron chi connectivity index (χ3n) is 5.25. The van der Waals surface area contributed by atoms with Gasteiger partial charge in [-0.05, 0) is 25.0 Å². The van der Waals surface area contributed by atoms with Gasteiger partial charge in [0.05, 0.1) is 31.5 Å². The number of hydrogen-bond donors (Lipinski definition) is 0. The van der Waals surface area contributed by atoms with Crippen LogP contribution in [0.2, 0.25) is 0 Å². The maximum atomic E-state index is 13.2.